The highest BCUT2D eigenvalue weighted by Gasteiger charge is 2.49. The molecule has 5 nitrogen and oxygen atoms in total. The van der Waals surface area contributed by atoms with Gasteiger partial charge in [-0.1, -0.05) is 49.9 Å². The Kier molecular flexibility index (Phi) is 5.99. The van der Waals surface area contributed by atoms with Gasteiger partial charge < -0.3 is 4.90 Å². The van der Waals surface area contributed by atoms with Gasteiger partial charge in [-0.05, 0) is 43.0 Å². The van der Waals surface area contributed by atoms with Gasteiger partial charge in [-0.15, -0.1) is 0 Å². The molecule has 148 valence electrons. The Labute approximate surface area is 166 Å². The molecule has 0 unspecified atom stereocenters. The van der Waals surface area contributed by atoms with Crippen LogP contribution in [0, 0.1) is 0 Å². The molecule has 1 aliphatic carbocycles. The summed E-state index contributed by atoms with van der Waals surface area (Å²) < 4.78 is 29.2. The summed E-state index contributed by atoms with van der Waals surface area (Å²) in [6.45, 7) is 4.66. The maximum atomic E-state index is 13.1. The average molecular weight is 411 g/mol. The Bertz CT molecular complexity index is 840. The molecule has 1 heterocycles. The number of halogens is 1. The van der Waals surface area contributed by atoms with Crippen molar-refractivity contribution >= 4 is 32.4 Å². The van der Waals surface area contributed by atoms with E-state index in [2.05, 4.69) is 4.72 Å². The Morgan fingerprint density at radius 3 is 2.33 bits per heavy atom. The van der Waals surface area contributed by atoms with Gasteiger partial charge in [0.15, 0.2) is 0 Å². The van der Waals surface area contributed by atoms with E-state index in [0.717, 1.165) is 37.7 Å². The summed E-state index contributed by atoms with van der Waals surface area (Å²) in [4.78, 5) is 14.4. The monoisotopic (exact) mass is 410 g/mol. The first-order chi connectivity index (χ1) is 12.8. The van der Waals surface area contributed by atoms with Crippen LogP contribution < -0.4 is 4.72 Å². The Morgan fingerprint density at radius 1 is 1.15 bits per heavy atom. The largest absolute Gasteiger partial charge is 0.339 e. The molecular weight excluding hydrogens is 384 g/mol. The van der Waals surface area contributed by atoms with Crippen molar-refractivity contribution in [1.29, 1.82) is 0 Å². The first kappa shape index (κ1) is 20.4. The molecule has 1 saturated carbocycles. The van der Waals surface area contributed by atoms with Crippen molar-refractivity contribution in [2.75, 3.05) is 13.1 Å². The van der Waals surface area contributed by atoms with E-state index in [1.54, 1.807) is 29.2 Å². The van der Waals surface area contributed by atoms with Crippen molar-refractivity contribution < 1.29 is 13.2 Å². The highest BCUT2D eigenvalue weighted by Crippen LogP contribution is 2.45. The van der Waals surface area contributed by atoms with Gasteiger partial charge in [-0.2, -0.15) is 0 Å². The van der Waals surface area contributed by atoms with Crippen molar-refractivity contribution in [3.63, 3.8) is 0 Å². The van der Waals surface area contributed by atoms with E-state index in [0.29, 0.717) is 35.0 Å². The van der Waals surface area contributed by atoms with E-state index in [4.69, 9.17) is 11.6 Å². The van der Waals surface area contributed by atoms with Crippen molar-refractivity contribution in [1.82, 2.24) is 9.62 Å². The molecular formula is C20H27ClN2O3S. The minimum atomic E-state index is -3.65. The molecule has 0 atom stereocenters. The van der Waals surface area contributed by atoms with E-state index in [1.807, 2.05) is 13.8 Å². The number of nitrogens with zero attached hydrogens (tertiary/aromatic N) is 1. The average Bonchev–Trinajstić information content (AvgIpc) is 2.86. The van der Waals surface area contributed by atoms with Crippen LogP contribution in [0.5, 0.6) is 0 Å². The molecule has 1 aromatic carbocycles. The van der Waals surface area contributed by atoms with Crippen LogP contribution in [0.4, 0.5) is 0 Å². The van der Waals surface area contributed by atoms with E-state index in [9.17, 15) is 13.2 Å². The molecule has 3 rings (SSSR count). The maximum Gasteiger partial charge on any atom is 0.242 e. The molecule has 7 heteroatoms. The number of nitrogens with one attached hydrogen (secondary N) is 1. The van der Waals surface area contributed by atoms with Crippen LogP contribution in [0.1, 0.15) is 57.9 Å². The van der Waals surface area contributed by atoms with Gasteiger partial charge in [0.05, 0.1) is 10.4 Å². The predicted octanol–water partition coefficient (Wildman–Crippen LogP) is 3.95. The summed E-state index contributed by atoms with van der Waals surface area (Å²) >= 11 is 6.00. The first-order valence-corrected chi connectivity index (χ1v) is 11.5. The highest BCUT2D eigenvalue weighted by molar-refractivity contribution is 7.99. The standard InChI is InChI=1S/C20H27ClN2O3S/c1-3-18(24)23(4-2)14-17-19(15-8-10-16(21)11-9-15)27(25,26)22-20(17)12-6-5-7-13-20/h8-11,22H,3-7,12-14H2,1-2H3. The van der Waals surface area contributed by atoms with Crippen molar-refractivity contribution in [3.8, 4) is 0 Å². The number of sulfonamides is 1. The number of benzene rings is 1. The second-order valence-electron chi connectivity index (χ2n) is 7.32. The zero-order chi connectivity index (χ0) is 19.7. The van der Waals surface area contributed by atoms with Crippen LogP contribution in [0.3, 0.4) is 0 Å². The van der Waals surface area contributed by atoms with Gasteiger partial charge in [-0.3, -0.25) is 4.79 Å². The molecule has 0 saturated heterocycles. The molecule has 0 aromatic heterocycles. The van der Waals surface area contributed by atoms with E-state index in [1.165, 1.54) is 0 Å². The van der Waals surface area contributed by atoms with E-state index < -0.39 is 15.6 Å². The molecule has 1 aliphatic heterocycles. The van der Waals surface area contributed by atoms with Gasteiger partial charge in [0, 0.05) is 24.5 Å². The zero-order valence-electron chi connectivity index (χ0n) is 15.9. The summed E-state index contributed by atoms with van der Waals surface area (Å²) in [5.41, 5.74) is 0.880. The fourth-order valence-corrected chi connectivity index (χ4v) is 6.35. The molecule has 0 radical (unpaired) electrons. The molecule has 1 N–H and O–H groups in total. The number of amides is 1. The number of carbonyl (C=O) groups is 1. The molecule has 1 fully saturated rings. The van der Waals surface area contributed by atoms with Crippen LogP contribution in [0.25, 0.3) is 4.91 Å². The normalized spacial score (nSPS) is 20.9. The molecule has 1 amide bonds. The third kappa shape index (κ3) is 3.93. The molecule has 0 bridgehead atoms. The van der Waals surface area contributed by atoms with Crippen molar-refractivity contribution in [3.05, 3.63) is 40.4 Å². The number of hydrogen-bond acceptors (Lipinski definition) is 3. The third-order valence-electron chi connectivity index (χ3n) is 5.65. The minimum absolute atomic E-state index is 0.0377. The molecule has 1 aromatic rings. The van der Waals surface area contributed by atoms with Gasteiger partial charge in [0.25, 0.3) is 0 Å². The smallest absolute Gasteiger partial charge is 0.242 e. The van der Waals surface area contributed by atoms with Crippen LogP contribution in [0.15, 0.2) is 29.8 Å². The fraction of sp³-hybridized carbons (Fsp3) is 0.550. The molecule has 1 spiro atoms. The lowest BCUT2D eigenvalue weighted by atomic mass is 9.76. The summed E-state index contributed by atoms with van der Waals surface area (Å²) in [6.07, 6.45) is 5.03. The Hall–Kier alpha value is -1.37. The third-order valence-corrected chi connectivity index (χ3v) is 7.58. The SMILES string of the molecule is CCC(=O)N(CC)CC1=C(c2ccc(Cl)cc2)S(=O)(=O)NC12CCCCC2. The number of carbonyl (C=O) groups excluding carboxylic acids is 1. The minimum Gasteiger partial charge on any atom is -0.339 e. The van der Waals surface area contributed by atoms with Gasteiger partial charge in [0.2, 0.25) is 15.9 Å². The van der Waals surface area contributed by atoms with E-state index >= 15 is 0 Å². The molecule has 2 aliphatic rings. The zero-order valence-corrected chi connectivity index (χ0v) is 17.5. The molecule has 27 heavy (non-hydrogen) atoms. The lowest BCUT2D eigenvalue weighted by molar-refractivity contribution is -0.130. The fourth-order valence-electron chi connectivity index (χ4n) is 4.25. The van der Waals surface area contributed by atoms with Crippen LogP contribution in [-0.4, -0.2) is 37.9 Å². The van der Waals surface area contributed by atoms with Crippen LogP contribution in [0.2, 0.25) is 5.02 Å². The first-order valence-electron chi connectivity index (χ1n) is 9.64. The topological polar surface area (TPSA) is 66.5 Å². The second kappa shape index (κ2) is 7.94. The second-order valence-corrected chi connectivity index (χ2v) is 9.38. The Morgan fingerprint density at radius 2 is 1.78 bits per heavy atom. The van der Waals surface area contributed by atoms with Crippen LogP contribution in [-0.2, 0) is 14.8 Å². The summed E-state index contributed by atoms with van der Waals surface area (Å²) in [5, 5.41) is 0.563. The lowest BCUT2D eigenvalue weighted by Gasteiger charge is -2.37. The Balaban J connectivity index is 2.16. The quantitative estimate of drug-likeness (QED) is 0.799. The van der Waals surface area contributed by atoms with Gasteiger partial charge >= 0.3 is 0 Å². The van der Waals surface area contributed by atoms with Gasteiger partial charge in [-0.25, -0.2) is 13.1 Å². The van der Waals surface area contributed by atoms with Gasteiger partial charge in [0.1, 0.15) is 0 Å². The van der Waals surface area contributed by atoms with Crippen LogP contribution >= 0.6 is 11.6 Å². The van der Waals surface area contributed by atoms with Crippen molar-refractivity contribution in [2.24, 2.45) is 0 Å². The number of likely N-dealkylation sites (N-methyl/N-ethyl adjacent to an activating group) is 1. The maximum absolute atomic E-state index is 13.1. The number of rotatable bonds is 5. The van der Waals surface area contributed by atoms with Crippen molar-refractivity contribution in [2.45, 2.75) is 57.9 Å². The lowest BCUT2D eigenvalue weighted by Crippen LogP contribution is -2.48. The highest BCUT2D eigenvalue weighted by atomic mass is 35.5. The predicted molar refractivity (Wildman–Crippen MR) is 109 cm³/mol. The number of hydrogen-bond donors (Lipinski definition) is 1. The van der Waals surface area contributed by atoms with E-state index in [-0.39, 0.29) is 5.91 Å². The summed E-state index contributed by atoms with van der Waals surface area (Å²) in [5.74, 6) is 0.0377. The summed E-state index contributed by atoms with van der Waals surface area (Å²) in [6, 6.07) is 6.91. The summed E-state index contributed by atoms with van der Waals surface area (Å²) in [7, 11) is -3.65.